The molecule has 1 aromatic carbocycles. The van der Waals surface area contributed by atoms with Gasteiger partial charge in [-0.3, -0.25) is 4.79 Å². The predicted octanol–water partition coefficient (Wildman–Crippen LogP) is 4.48. The number of carbonyl (C=O) groups is 2. The number of carbonyl (C=O) groups excluding carboxylic acids is 2. The summed E-state index contributed by atoms with van der Waals surface area (Å²) in [5, 5.41) is 3.55. The molecule has 6 nitrogen and oxygen atoms in total. The van der Waals surface area contributed by atoms with Gasteiger partial charge in [0.2, 0.25) is 0 Å². The number of nitrogens with one attached hydrogen (secondary N) is 2. The highest BCUT2D eigenvalue weighted by atomic mass is 19.1. The number of allylic oxidation sites excluding steroid dienone is 1. The van der Waals surface area contributed by atoms with E-state index in [0.29, 0.717) is 29.3 Å². The third-order valence-corrected chi connectivity index (χ3v) is 5.21. The van der Waals surface area contributed by atoms with Crippen LogP contribution in [-0.2, 0) is 4.74 Å². The molecular weight excluding hydrogens is 373 g/mol. The summed E-state index contributed by atoms with van der Waals surface area (Å²) in [5.74, 6) is -1.17. The molecule has 3 rings (SSSR count). The number of hydrogen-bond acceptors (Lipinski definition) is 3. The number of aromatic nitrogens is 1. The number of amides is 2. The molecule has 2 amide bonds. The number of hydrogen-bond donors (Lipinski definition) is 3. The zero-order valence-corrected chi connectivity index (χ0v) is 17.5. The number of benzene rings is 1. The van der Waals surface area contributed by atoms with E-state index < -0.39 is 23.4 Å². The smallest absolute Gasteiger partial charge is 0.407 e. The lowest BCUT2D eigenvalue weighted by Gasteiger charge is -2.27. The zero-order valence-electron chi connectivity index (χ0n) is 17.5. The number of aromatic amines is 1. The van der Waals surface area contributed by atoms with Gasteiger partial charge in [0.15, 0.2) is 0 Å². The molecule has 0 aliphatic heterocycles. The van der Waals surface area contributed by atoms with Gasteiger partial charge in [-0.05, 0) is 71.1 Å². The zero-order chi connectivity index (χ0) is 21.5. The van der Waals surface area contributed by atoms with Crippen LogP contribution in [0.4, 0.5) is 9.18 Å². The number of primary amides is 1. The Balaban J connectivity index is 1.97. The Morgan fingerprint density at radius 3 is 2.62 bits per heavy atom. The number of aryl methyl sites for hydroxylation is 2. The molecule has 0 fully saturated rings. The average molecular weight is 401 g/mol. The van der Waals surface area contributed by atoms with Crippen molar-refractivity contribution in [3.05, 3.63) is 40.3 Å². The summed E-state index contributed by atoms with van der Waals surface area (Å²) < 4.78 is 20.5. The summed E-state index contributed by atoms with van der Waals surface area (Å²) >= 11 is 0. The van der Waals surface area contributed by atoms with E-state index in [-0.39, 0.29) is 11.6 Å². The van der Waals surface area contributed by atoms with Crippen LogP contribution in [0.2, 0.25) is 0 Å². The van der Waals surface area contributed by atoms with Crippen LogP contribution in [0.5, 0.6) is 0 Å². The molecule has 0 bridgehead atoms. The number of fused-ring (bicyclic) bond motifs is 1. The van der Waals surface area contributed by atoms with Crippen LogP contribution in [0.3, 0.4) is 0 Å². The third kappa shape index (κ3) is 4.28. The van der Waals surface area contributed by atoms with Crippen molar-refractivity contribution in [1.29, 1.82) is 0 Å². The quantitative estimate of drug-likeness (QED) is 0.707. The van der Waals surface area contributed by atoms with Crippen molar-refractivity contribution >= 4 is 28.5 Å². The van der Waals surface area contributed by atoms with E-state index in [1.165, 1.54) is 6.07 Å². The van der Waals surface area contributed by atoms with E-state index in [2.05, 4.69) is 10.3 Å². The Labute approximate surface area is 169 Å². The van der Waals surface area contributed by atoms with Gasteiger partial charge in [-0.2, -0.15) is 0 Å². The van der Waals surface area contributed by atoms with Crippen molar-refractivity contribution in [2.45, 2.75) is 65.5 Å². The molecule has 1 heterocycles. The minimum atomic E-state index is -0.677. The van der Waals surface area contributed by atoms with E-state index in [0.717, 1.165) is 23.3 Å². The topological polar surface area (TPSA) is 97.2 Å². The third-order valence-electron chi connectivity index (χ3n) is 5.21. The standard InChI is InChI=1S/C22H28FN3O3/c1-11-12(2)25-19-15(20(24)27)10-16(23)18(17(11)19)13-7-6-8-14(9-13)26-21(28)29-22(3,4)5/h7,10,14,25H,6,8-9H2,1-5H3,(H2,24,27)(H,26,28). The lowest BCUT2D eigenvalue weighted by molar-refractivity contribution is 0.0502. The van der Waals surface area contributed by atoms with Crippen LogP contribution < -0.4 is 11.1 Å². The second-order valence-corrected chi connectivity index (χ2v) is 8.62. The van der Waals surface area contributed by atoms with Gasteiger partial charge in [-0.1, -0.05) is 6.08 Å². The van der Waals surface area contributed by atoms with Crippen LogP contribution in [0.15, 0.2) is 12.1 Å². The van der Waals surface area contributed by atoms with Gasteiger partial charge in [-0.15, -0.1) is 0 Å². The summed E-state index contributed by atoms with van der Waals surface area (Å²) in [7, 11) is 0. The molecule has 0 saturated carbocycles. The van der Waals surface area contributed by atoms with Gasteiger partial charge in [0.1, 0.15) is 11.4 Å². The van der Waals surface area contributed by atoms with E-state index in [9.17, 15) is 9.59 Å². The number of alkyl carbamates (subject to hydrolysis) is 1. The van der Waals surface area contributed by atoms with Crippen molar-refractivity contribution in [2.75, 3.05) is 0 Å². The number of rotatable bonds is 3. The Hall–Kier alpha value is -2.83. The molecule has 1 unspecified atom stereocenters. The molecule has 29 heavy (non-hydrogen) atoms. The highest BCUT2D eigenvalue weighted by Gasteiger charge is 2.27. The normalized spacial score (nSPS) is 17.2. The molecule has 0 spiro atoms. The largest absolute Gasteiger partial charge is 0.444 e. The van der Waals surface area contributed by atoms with Crippen molar-refractivity contribution in [3.63, 3.8) is 0 Å². The van der Waals surface area contributed by atoms with Crippen LogP contribution in [0.1, 0.15) is 67.2 Å². The van der Waals surface area contributed by atoms with Crippen LogP contribution in [0, 0.1) is 19.7 Å². The first-order valence-electron chi connectivity index (χ1n) is 9.78. The summed E-state index contributed by atoms with van der Waals surface area (Å²) in [4.78, 5) is 27.1. The SMILES string of the molecule is Cc1[nH]c2c(C(N)=O)cc(F)c(C3=CCCC(NC(=O)OC(C)(C)C)C3)c2c1C. The highest BCUT2D eigenvalue weighted by Crippen LogP contribution is 2.38. The lowest BCUT2D eigenvalue weighted by Crippen LogP contribution is -2.40. The average Bonchev–Trinajstić information content (AvgIpc) is 2.88. The molecule has 0 radical (unpaired) electrons. The molecular formula is C22H28FN3O3. The van der Waals surface area contributed by atoms with E-state index >= 15 is 4.39 Å². The van der Waals surface area contributed by atoms with Gasteiger partial charge >= 0.3 is 6.09 Å². The molecule has 1 aromatic heterocycles. The summed E-state index contributed by atoms with van der Waals surface area (Å²) in [5.41, 5.74) is 8.56. The molecule has 7 heteroatoms. The van der Waals surface area contributed by atoms with E-state index in [1.54, 1.807) is 0 Å². The second kappa shape index (κ2) is 7.54. The summed E-state index contributed by atoms with van der Waals surface area (Å²) in [6.45, 7) is 9.19. The maximum absolute atomic E-state index is 15.2. The second-order valence-electron chi connectivity index (χ2n) is 8.62. The molecule has 4 N–H and O–H groups in total. The fourth-order valence-corrected chi connectivity index (χ4v) is 3.84. The molecule has 1 atom stereocenters. The van der Waals surface area contributed by atoms with Gasteiger partial charge in [0.25, 0.3) is 5.91 Å². The first-order chi connectivity index (χ1) is 13.5. The van der Waals surface area contributed by atoms with Crippen molar-refractivity contribution in [3.8, 4) is 0 Å². The van der Waals surface area contributed by atoms with Gasteiger partial charge in [0, 0.05) is 22.7 Å². The first-order valence-corrected chi connectivity index (χ1v) is 9.78. The molecule has 0 saturated heterocycles. The van der Waals surface area contributed by atoms with Crippen molar-refractivity contribution in [2.24, 2.45) is 5.73 Å². The Morgan fingerprint density at radius 1 is 1.31 bits per heavy atom. The predicted molar refractivity (Wildman–Crippen MR) is 111 cm³/mol. The summed E-state index contributed by atoms with van der Waals surface area (Å²) in [6, 6.07) is 1.04. The van der Waals surface area contributed by atoms with Crippen molar-refractivity contribution in [1.82, 2.24) is 10.3 Å². The number of ether oxygens (including phenoxy) is 1. The minimum Gasteiger partial charge on any atom is -0.444 e. The minimum absolute atomic E-state index is 0.136. The van der Waals surface area contributed by atoms with Crippen molar-refractivity contribution < 1.29 is 18.7 Å². The molecule has 1 aliphatic rings. The molecule has 156 valence electrons. The fourth-order valence-electron chi connectivity index (χ4n) is 3.84. The highest BCUT2D eigenvalue weighted by molar-refractivity contribution is 6.09. The monoisotopic (exact) mass is 401 g/mol. The number of nitrogens with two attached hydrogens (primary N) is 1. The Bertz CT molecular complexity index is 1010. The van der Waals surface area contributed by atoms with Gasteiger partial charge in [0.05, 0.1) is 11.1 Å². The van der Waals surface area contributed by atoms with Crippen LogP contribution >= 0.6 is 0 Å². The van der Waals surface area contributed by atoms with Crippen LogP contribution in [-0.4, -0.2) is 28.6 Å². The lowest BCUT2D eigenvalue weighted by atomic mass is 9.86. The number of halogens is 1. The van der Waals surface area contributed by atoms with Gasteiger partial charge < -0.3 is 20.8 Å². The Kier molecular flexibility index (Phi) is 5.43. The van der Waals surface area contributed by atoms with E-state index in [4.69, 9.17) is 10.5 Å². The Morgan fingerprint density at radius 2 is 2.00 bits per heavy atom. The van der Waals surface area contributed by atoms with E-state index in [1.807, 2.05) is 40.7 Å². The maximum Gasteiger partial charge on any atom is 0.407 e. The first kappa shape index (κ1) is 20.9. The fraction of sp³-hybridized carbons (Fsp3) is 0.455. The molecule has 1 aliphatic carbocycles. The maximum atomic E-state index is 15.2. The van der Waals surface area contributed by atoms with Gasteiger partial charge in [-0.25, -0.2) is 9.18 Å². The number of H-pyrrole nitrogens is 1. The van der Waals surface area contributed by atoms with Crippen LogP contribution in [0.25, 0.3) is 16.5 Å². The summed E-state index contributed by atoms with van der Waals surface area (Å²) in [6.07, 6.45) is 3.45. The molecule has 2 aromatic rings.